The molecule has 0 aliphatic rings. The molecule has 0 aliphatic heterocycles. The van der Waals surface area contributed by atoms with E-state index in [2.05, 4.69) is 8.92 Å². The molecule has 1 aromatic carbocycles. The van der Waals surface area contributed by atoms with E-state index in [0.717, 1.165) is 0 Å². The SMILES string of the molecule is O=C(COc1ccc(Cl)cc1Cl)OCCOS(=O)(=O)[O-].[K+]. The van der Waals surface area contributed by atoms with Crippen molar-refractivity contribution in [2.75, 3.05) is 19.8 Å². The van der Waals surface area contributed by atoms with Crippen LogP contribution in [0.25, 0.3) is 0 Å². The summed E-state index contributed by atoms with van der Waals surface area (Å²) in [6.45, 7) is -1.39. The number of hydrogen-bond donors (Lipinski definition) is 0. The topological polar surface area (TPSA) is 102 Å². The van der Waals surface area contributed by atoms with Crippen molar-refractivity contribution in [3.63, 3.8) is 0 Å². The van der Waals surface area contributed by atoms with Crippen molar-refractivity contribution in [2.45, 2.75) is 0 Å². The van der Waals surface area contributed by atoms with E-state index in [1.807, 2.05) is 0 Å². The molecule has 0 atom stereocenters. The van der Waals surface area contributed by atoms with E-state index in [1.54, 1.807) is 0 Å². The fourth-order valence-electron chi connectivity index (χ4n) is 1.06. The van der Waals surface area contributed by atoms with Gasteiger partial charge in [-0.2, -0.15) is 0 Å². The van der Waals surface area contributed by atoms with Crippen molar-refractivity contribution in [2.24, 2.45) is 0 Å². The van der Waals surface area contributed by atoms with Gasteiger partial charge in [-0.05, 0) is 18.2 Å². The summed E-state index contributed by atoms with van der Waals surface area (Å²) in [4.78, 5) is 11.2. The first-order valence-corrected chi connectivity index (χ1v) is 7.20. The number of rotatable bonds is 7. The van der Waals surface area contributed by atoms with Gasteiger partial charge in [0.1, 0.15) is 12.4 Å². The number of carbonyl (C=O) groups is 1. The smallest absolute Gasteiger partial charge is 0.726 e. The second kappa shape index (κ2) is 10.4. The Kier molecular flexibility index (Phi) is 10.7. The minimum Gasteiger partial charge on any atom is -0.726 e. The molecule has 0 amide bonds. The molecule has 11 heteroatoms. The summed E-state index contributed by atoms with van der Waals surface area (Å²) in [5.74, 6) is -0.533. The molecule has 0 aromatic heterocycles. The number of benzene rings is 1. The van der Waals surface area contributed by atoms with Crippen LogP contribution in [0.5, 0.6) is 5.75 Å². The average molecular weight is 383 g/mol. The monoisotopic (exact) mass is 382 g/mol. The van der Waals surface area contributed by atoms with Crippen LogP contribution in [-0.2, 0) is 24.1 Å². The Morgan fingerprint density at radius 3 is 2.48 bits per heavy atom. The van der Waals surface area contributed by atoms with Crippen molar-refractivity contribution in [3.05, 3.63) is 28.2 Å². The van der Waals surface area contributed by atoms with Gasteiger partial charge in [-0.1, -0.05) is 23.2 Å². The Balaban J connectivity index is 0.00000400. The van der Waals surface area contributed by atoms with Gasteiger partial charge in [0.2, 0.25) is 10.4 Å². The van der Waals surface area contributed by atoms with Crippen molar-refractivity contribution in [3.8, 4) is 5.75 Å². The van der Waals surface area contributed by atoms with Crippen LogP contribution in [0.2, 0.25) is 10.0 Å². The Morgan fingerprint density at radius 2 is 1.90 bits per heavy atom. The second-order valence-corrected chi connectivity index (χ2v) is 5.21. The van der Waals surface area contributed by atoms with Crippen LogP contribution < -0.4 is 56.1 Å². The van der Waals surface area contributed by atoms with Gasteiger partial charge in [0.15, 0.2) is 6.61 Å². The standard InChI is InChI=1S/C10H10Cl2O7S.K/c11-7-1-2-9(8(12)5-7)18-6-10(13)17-3-4-19-20(14,15)16;/h1-2,5H,3-4,6H2,(H,14,15,16);/q;+1/p-1. The van der Waals surface area contributed by atoms with E-state index in [4.69, 9.17) is 27.9 Å². The van der Waals surface area contributed by atoms with Gasteiger partial charge in [0.05, 0.1) is 11.6 Å². The zero-order valence-corrected chi connectivity index (χ0v) is 16.3. The van der Waals surface area contributed by atoms with Gasteiger partial charge < -0.3 is 14.0 Å². The van der Waals surface area contributed by atoms with Crippen LogP contribution in [0.1, 0.15) is 0 Å². The Hall–Kier alpha value is 0.576. The van der Waals surface area contributed by atoms with E-state index in [9.17, 15) is 17.8 Å². The van der Waals surface area contributed by atoms with Crippen molar-refractivity contribution >= 4 is 39.6 Å². The average Bonchev–Trinajstić information content (AvgIpc) is 2.32. The molecule has 0 aliphatic carbocycles. The summed E-state index contributed by atoms with van der Waals surface area (Å²) in [6, 6.07) is 4.45. The molecule has 112 valence electrons. The van der Waals surface area contributed by atoms with Gasteiger partial charge in [0.25, 0.3) is 0 Å². The molecule has 0 saturated carbocycles. The zero-order chi connectivity index (χ0) is 15.2. The largest absolute Gasteiger partial charge is 1.00 e. The zero-order valence-electron chi connectivity index (χ0n) is 10.9. The third-order valence-electron chi connectivity index (χ3n) is 1.81. The first-order valence-electron chi connectivity index (χ1n) is 5.11. The summed E-state index contributed by atoms with van der Waals surface area (Å²) in [7, 11) is -4.79. The van der Waals surface area contributed by atoms with Gasteiger partial charge in [0, 0.05) is 5.02 Å². The van der Waals surface area contributed by atoms with Crippen LogP contribution >= 0.6 is 23.2 Å². The maximum atomic E-state index is 11.2. The Labute approximate surface area is 174 Å². The van der Waals surface area contributed by atoms with E-state index >= 15 is 0 Å². The van der Waals surface area contributed by atoms with Crippen LogP contribution in [0.3, 0.4) is 0 Å². The summed E-state index contributed by atoms with van der Waals surface area (Å²) in [5.41, 5.74) is 0. The van der Waals surface area contributed by atoms with Crippen molar-refractivity contribution in [1.82, 2.24) is 0 Å². The number of ether oxygens (including phenoxy) is 2. The number of esters is 1. The summed E-state index contributed by atoms with van der Waals surface area (Å²) in [5, 5.41) is 0.645. The third kappa shape index (κ3) is 10.1. The summed E-state index contributed by atoms with van der Waals surface area (Å²) < 4.78 is 43.7. The molecular weight excluding hydrogens is 374 g/mol. The molecular formula is C10H9Cl2KO7S. The quantitative estimate of drug-likeness (QED) is 0.184. The molecule has 0 spiro atoms. The van der Waals surface area contributed by atoms with E-state index in [-0.39, 0.29) is 62.2 Å². The molecule has 0 bridgehead atoms. The molecule has 7 nitrogen and oxygen atoms in total. The normalized spacial score (nSPS) is 10.6. The maximum Gasteiger partial charge on any atom is 1.00 e. The fraction of sp³-hybridized carbons (Fsp3) is 0.300. The maximum absolute atomic E-state index is 11.2. The molecule has 0 unspecified atom stereocenters. The number of hydrogen-bond acceptors (Lipinski definition) is 7. The van der Waals surface area contributed by atoms with Crippen molar-refractivity contribution in [1.29, 1.82) is 0 Å². The third-order valence-corrected chi connectivity index (χ3v) is 2.80. The predicted octanol–water partition coefficient (Wildman–Crippen LogP) is -1.60. The Bertz CT molecular complexity index is 579. The van der Waals surface area contributed by atoms with Gasteiger partial charge in [-0.3, -0.25) is 4.18 Å². The Morgan fingerprint density at radius 1 is 1.24 bits per heavy atom. The minimum absolute atomic E-state index is 0. The second-order valence-electron chi connectivity index (χ2n) is 3.31. The molecule has 0 radical (unpaired) electrons. The van der Waals surface area contributed by atoms with Gasteiger partial charge in [-0.15, -0.1) is 0 Å². The molecule has 0 N–H and O–H groups in total. The van der Waals surface area contributed by atoms with Crippen LogP contribution in [-0.4, -0.2) is 38.8 Å². The molecule has 1 aromatic rings. The van der Waals surface area contributed by atoms with E-state index < -0.39 is 36.2 Å². The first kappa shape index (κ1) is 21.6. The summed E-state index contributed by atoms with van der Waals surface area (Å²) in [6.07, 6.45) is 0. The molecule has 21 heavy (non-hydrogen) atoms. The van der Waals surface area contributed by atoms with Gasteiger partial charge >= 0.3 is 57.4 Å². The van der Waals surface area contributed by atoms with Gasteiger partial charge in [-0.25, -0.2) is 13.2 Å². The minimum atomic E-state index is -4.79. The molecule has 0 saturated heterocycles. The van der Waals surface area contributed by atoms with E-state index in [1.165, 1.54) is 18.2 Å². The van der Waals surface area contributed by atoms with Crippen LogP contribution in [0, 0.1) is 0 Å². The predicted molar refractivity (Wildman–Crippen MR) is 68.6 cm³/mol. The number of carbonyl (C=O) groups excluding carboxylic acids is 1. The van der Waals surface area contributed by atoms with Crippen LogP contribution in [0.15, 0.2) is 18.2 Å². The van der Waals surface area contributed by atoms with Crippen LogP contribution in [0.4, 0.5) is 0 Å². The van der Waals surface area contributed by atoms with Crippen molar-refractivity contribution < 1.29 is 82.8 Å². The molecule has 1 rings (SSSR count). The first-order chi connectivity index (χ1) is 9.28. The fourth-order valence-corrected chi connectivity index (χ4v) is 1.80. The van der Waals surface area contributed by atoms with E-state index in [0.29, 0.717) is 5.02 Å². The summed E-state index contributed by atoms with van der Waals surface area (Å²) >= 11 is 11.5. The molecule has 0 fully saturated rings. The number of halogens is 2. The molecule has 0 heterocycles.